The van der Waals surface area contributed by atoms with E-state index < -0.39 is 0 Å². The topological polar surface area (TPSA) is 27.1 Å². The molecule has 0 N–H and O–H groups in total. The van der Waals surface area contributed by atoms with Gasteiger partial charge in [0.1, 0.15) is 5.75 Å². The number of aromatic nitrogens is 2. The molecule has 0 radical (unpaired) electrons. The molecule has 1 atom stereocenters. The van der Waals surface area contributed by atoms with Crippen LogP contribution < -0.4 is 4.74 Å². The van der Waals surface area contributed by atoms with Gasteiger partial charge in [0.2, 0.25) is 0 Å². The van der Waals surface area contributed by atoms with E-state index in [0.717, 1.165) is 36.6 Å². The van der Waals surface area contributed by atoms with Crippen LogP contribution in [0.2, 0.25) is 0 Å². The van der Waals surface area contributed by atoms with Gasteiger partial charge in [-0.2, -0.15) is 0 Å². The summed E-state index contributed by atoms with van der Waals surface area (Å²) in [6.45, 7) is 7.32. The molecule has 0 spiro atoms. The number of aryl methyl sites for hydroxylation is 1. The summed E-state index contributed by atoms with van der Waals surface area (Å²) in [4.78, 5) is 4.30. The first-order chi connectivity index (χ1) is 9.20. The molecule has 0 aliphatic carbocycles. The van der Waals surface area contributed by atoms with Crippen LogP contribution in [0, 0.1) is 6.92 Å². The highest BCUT2D eigenvalue weighted by Gasteiger charge is 2.22. The molecule has 0 saturated carbocycles. The normalized spacial score (nSPS) is 15.1. The van der Waals surface area contributed by atoms with Crippen LogP contribution in [0.1, 0.15) is 43.0 Å². The largest absolute Gasteiger partial charge is 0.491 e. The van der Waals surface area contributed by atoms with E-state index in [1.165, 1.54) is 11.1 Å². The fourth-order valence-electron chi connectivity index (χ4n) is 2.74. The minimum Gasteiger partial charge on any atom is -0.491 e. The highest BCUT2D eigenvalue weighted by atomic mass is 16.5. The van der Waals surface area contributed by atoms with E-state index in [-0.39, 0.29) is 0 Å². The Morgan fingerprint density at radius 2 is 2.26 bits per heavy atom. The first-order valence-electron chi connectivity index (χ1n) is 7.00. The van der Waals surface area contributed by atoms with Crippen LogP contribution in [0.25, 0.3) is 5.69 Å². The van der Waals surface area contributed by atoms with Crippen LogP contribution in [0.3, 0.4) is 0 Å². The average Bonchev–Trinajstić information content (AvgIpc) is 3.05. The maximum absolute atomic E-state index is 5.88. The van der Waals surface area contributed by atoms with Crippen molar-refractivity contribution in [2.75, 3.05) is 6.61 Å². The van der Waals surface area contributed by atoms with Crippen LogP contribution in [-0.2, 0) is 6.42 Å². The number of fused-ring (bicyclic) bond motifs is 1. The SMILES string of the molecule is CCC(C)c1ccc(-n2cnc(C)c2)c2c1CCO2. The summed E-state index contributed by atoms with van der Waals surface area (Å²) in [5.41, 5.74) is 4.96. The summed E-state index contributed by atoms with van der Waals surface area (Å²) in [6, 6.07) is 4.42. The third kappa shape index (κ3) is 2.03. The molecule has 100 valence electrons. The summed E-state index contributed by atoms with van der Waals surface area (Å²) >= 11 is 0. The predicted octanol–water partition coefficient (Wildman–Crippen LogP) is 3.63. The molecular weight excluding hydrogens is 236 g/mol. The molecule has 0 saturated heterocycles. The van der Waals surface area contributed by atoms with Gasteiger partial charge in [-0.3, -0.25) is 0 Å². The Morgan fingerprint density at radius 3 is 2.95 bits per heavy atom. The monoisotopic (exact) mass is 256 g/mol. The lowest BCUT2D eigenvalue weighted by atomic mass is 9.92. The summed E-state index contributed by atoms with van der Waals surface area (Å²) in [6.07, 6.45) is 6.09. The number of hydrogen-bond acceptors (Lipinski definition) is 2. The van der Waals surface area contributed by atoms with Gasteiger partial charge in [-0.25, -0.2) is 4.98 Å². The minimum atomic E-state index is 0.592. The number of imidazole rings is 1. The van der Waals surface area contributed by atoms with Gasteiger partial charge in [0.05, 0.1) is 24.3 Å². The molecule has 3 nitrogen and oxygen atoms in total. The van der Waals surface area contributed by atoms with E-state index in [4.69, 9.17) is 4.74 Å². The number of hydrogen-bond donors (Lipinski definition) is 0. The quantitative estimate of drug-likeness (QED) is 0.838. The molecule has 2 aromatic rings. The summed E-state index contributed by atoms with van der Waals surface area (Å²) in [7, 11) is 0. The van der Waals surface area contributed by atoms with Gasteiger partial charge >= 0.3 is 0 Å². The smallest absolute Gasteiger partial charge is 0.146 e. The number of nitrogens with zero attached hydrogens (tertiary/aromatic N) is 2. The second-order valence-corrected chi connectivity index (χ2v) is 5.31. The minimum absolute atomic E-state index is 0.592. The van der Waals surface area contributed by atoms with Gasteiger partial charge in [-0.05, 0) is 30.9 Å². The third-order valence-electron chi connectivity index (χ3n) is 4.01. The number of benzene rings is 1. The van der Waals surface area contributed by atoms with E-state index >= 15 is 0 Å². The molecule has 3 rings (SSSR count). The van der Waals surface area contributed by atoms with Gasteiger partial charge < -0.3 is 9.30 Å². The molecule has 1 aliphatic rings. The molecule has 0 fully saturated rings. The van der Waals surface area contributed by atoms with Crippen molar-refractivity contribution in [1.29, 1.82) is 0 Å². The Bertz CT molecular complexity index is 601. The Hall–Kier alpha value is -1.77. The molecular formula is C16H20N2O. The third-order valence-corrected chi connectivity index (χ3v) is 4.01. The highest BCUT2D eigenvalue weighted by molar-refractivity contribution is 5.57. The van der Waals surface area contributed by atoms with Gasteiger partial charge in [0.15, 0.2) is 0 Å². The Kier molecular flexibility index (Phi) is 3.05. The van der Waals surface area contributed by atoms with Gasteiger partial charge in [0, 0.05) is 18.2 Å². The summed E-state index contributed by atoms with van der Waals surface area (Å²) < 4.78 is 7.94. The molecule has 19 heavy (non-hydrogen) atoms. The van der Waals surface area contributed by atoms with E-state index in [9.17, 15) is 0 Å². The van der Waals surface area contributed by atoms with Crippen molar-refractivity contribution in [3.05, 3.63) is 41.5 Å². The van der Waals surface area contributed by atoms with Gasteiger partial charge in [-0.15, -0.1) is 0 Å². The molecule has 2 heterocycles. The maximum Gasteiger partial charge on any atom is 0.146 e. The number of rotatable bonds is 3. The molecule has 1 aliphatic heterocycles. The standard InChI is InChI=1S/C16H20N2O/c1-4-11(2)13-5-6-15(16-14(13)7-8-19-16)18-9-12(3)17-10-18/h5-6,9-11H,4,7-8H2,1-3H3. The molecule has 0 bridgehead atoms. The lowest BCUT2D eigenvalue weighted by Gasteiger charge is -2.16. The molecule has 1 unspecified atom stereocenters. The van der Waals surface area contributed by atoms with Crippen molar-refractivity contribution >= 4 is 0 Å². The Morgan fingerprint density at radius 1 is 1.42 bits per heavy atom. The summed E-state index contributed by atoms with van der Waals surface area (Å²) in [5.74, 6) is 1.64. The second kappa shape index (κ2) is 4.72. The molecule has 1 aromatic carbocycles. The molecule has 1 aromatic heterocycles. The fraction of sp³-hybridized carbons (Fsp3) is 0.438. The first kappa shape index (κ1) is 12.3. The first-order valence-corrected chi connectivity index (χ1v) is 7.00. The predicted molar refractivity (Wildman–Crippen MR) is 76.2 cm³/mol. The van der Waals surface area contributed by atoms with Crippen molar-refractivity contribution in [3.63, 3.8) is 0 Å². The zero-order chi connectivity index (χ0) is 13.4. The lowest BCUT2D eigenvalue weighted by molar-refractivity contribution is 0.355. The number of ether oxygens (including phenoxy) is 1. The van der Waals surface area contributed by atoms with E-state index in [2.05, 4.69) is 35.5 Å². The van der Waals surface area contributed by atoms with Crippen molar-refractivity contribution < 1.29 is 4.74 Å². The van der Waals surface area contributed by atoms with Crippen LogP contribution in [0.4, 0.5) is 0 Å². The fourth-order valence-corrected chi connectivity index (χ4v) is 2.74. The maximum atomic E-state index is 5.88. The zero-order valence-electron chi connectivity index (χ0n) is 11.8. The summed E-state index contributed by atoms with van der Waals surface area (Å²) in [5, 5.41) is 0. The van der Waals surface area contributed by atoms with Gasteiger partial charge in [-0.1, -0.05) is 19.9 Å². The van der Waals surface area contributed by atoms with Crippen molar-refractivity contribution in [2.45, 2.75) is 39.5 Å². The van der Waals surface area contributed by atoms with Crippen LogP contribution in [-0.4, -0.2) is 16.2 Å². The van der Waals surface area contributed by atoms with E-state index in [1.807, 2.05) is 19.4 Å². The second-order valence-electron chi connectivity index (χ2n) is 5.31. The van der Waals surface area contributed by atoms with Crippen molar-refractivity contribution in [1.82, 2.24) is 9.55 Å². The molecule has 0 amide bonds. The molecule has 3 heteroatoms. The zero-order valence-corrected chi connectivity index (χ0v) is 11.8. The van der Waals surface area contributed by atoms with Crippen LogP contribution in [0.5, 0.6) is 5.75 Å². The van der Waals surface area contributed by atoms with Gasteiger partial charge in [0.25, 0.3) is 0 Å². The van der Waals surface area contributed by atoms with Crippen molar-refractivity contribution in [2.24, 2.45) is 0 Å². The average molecular weight is 256 g/mol. The Labute approximate surface area is 114 Å². The van der Waals surface area contributed by atoms with E-state index in [1.54, 1.807) is 0 Å². The van der Waals surface area contributed by atoms with Crippen LogP contribution >= 0.6 is 0 Å². The highest BCUT2D eigenvalue weighted by Crippen LogP contribution is 2.38. The lowest BCUT2D eigenvalue weighted by Crippen LogP contribution is -2.00. The van der Waals surface area contributed by atoms with Crippen LogP contribution in [0.15, 0.2) is 24.7 Å². The van der Waals surface area contributed by atoms with E-state index in [0.29, 0.717) is 5.92 Å². The van der Waals surface area contributed by atoms with Crippen molar-refractivity contribution in [3.8, 4) is 11.4 Å². The Balaban J connectivity index is 2.12.